The Hall–Kier alpha value is -4.15. The predicted octanol–water partition coefficient (Wildman–Crippen LogP) is 4.30. The number of hydrogen-bond acceptors (Lipinski definition) is 8. The van der Waals surface area contributed by atoms with Crippen molar-refractivity contribution in [3.63, 3.8) is 0 Å². The average Bonchev–Trinajstić information content (AvgIpc) is 2.81. The molecule has 2 amide bonds. The van der Waals surface area contributed by atoms with Crippen LogP contribution in [0.5, 0.6) is 5.75 Å². The molecule has 194 valence electrons. The molecule has 2 aromatic rings. The van der Waals surface area contributed by atoms with Crippen molar-refractivity contribution in [2.45, 2.75) is 39.9 Å². The van der Waals surface area contributed by atoms with E-state index >= 15 is 0 Å². The summed E-state index contributed by atoms with van der Waals surface area (Å²) in [5.74, 6) is -1.25. The van der Waals surface area contributed by atoms with E-state index in [-0.39, 0.29) is 37.7 Å². The van der Waals surface area contributed by atoms with Crippen LogP contribution < -0.4 is 10.1 Å². The lowest BCUT2D eigenvalue weighted by Gasteiger charge is -2.25. The maximum atomic E-state index is 12.8. The zero-order valence-electron chi connectivity index (χ0n) is 20.8. The Morgan fingerprint density at radius 2 is 1.69 bits per heavy atom. The molecule has 0 aromatic heterocycles. The summed E-state index contributed by atoms with van der Waals surface area (Å²) in [5, 5.41) is 13.4. The smallest absolute Gasteiger partial charge is 0.410 e. The lowest BCUT2D eigenvalue weighted by atomic mass is 10.1. The molecular weight excluding hydrogens is 470 g/mol. The first-order chi connectivity index (χ1) is 16.9. The van der Waals surface area contributed by atoms with Crippen LogP contribution >= 0.6 is 0 Å². The van der Waals surface area contributed by atoms with Gasteiger partial charge in [0.2, 0.25) is 0 Å². The molecule has 2 rings (SSSR count). The summed E-state index contributed by atoms with van der Waals surface area (Å²) < 4.78 is 15.9. The average molecular weight is 502 g/mol. The van der Waals surface area contributed by atoms with Crippen molar-refractivity contribution in [3.05, 3.63) is 70.3 Å². The minimum absolute atomic E-state index is 0.0390. The lowest BCUT2D eigenvalue weighted by Crippen LogP contribution is -2.43. The molecule has 0 spiro atoms. The third-order valence-electron chi connectivity index (χ3n) is 4.68. The maximum absolute atomic E-state index is 12.8. The highest BCUT2D eigenvalue weighted by Crippen LogP contribution is 2.19. The highest BCUT2D eigenvalue weighted by atomic mass is 16.6. The van der Waals surface area contributed by atoms with E-state index in [9.17, 15) is 24.5 Å². The van der Waals surface area contributed by atoms with Crippen LogP contribution in [0.2, 0.25) is 0 Å². The zero-order valence-corrected chi connectivity index (χ0v) is 20.8. The fourth-order valence-electron chi connectivity index (χ4n) is 2.93. The number of benzene rings is 2. The summed E-state index contributed by atoms with van der Waals surface area (Å²) in [6.07, 6.45) is -1.30. The molecule has 0 fully saturated rings. The molecule has 11 heteroatoms. The summed E-state index contributed by atoms with van der Waals surface area (Å²) in [6, 6.07) is 14.2. The molecule has 0 bridgehead atoms. The molecule has 0 aliphatic heterocycles. The van der Waals surface area contributed by atoms with Crippen LogP contribution in [0.1, 0.15) is 33.3 Å². The Morgan fingerprint density at radius 3 is 2.28 bits per heavy atom. The maximum Gasteiger partial charge on any atom is 0.410 e. The quantitative estimate of drug-likeness (QED) is 0.220. The number of carbonyl (C=O) groups excluding carboxylic acids is 3. The molecule has 0 saturated carbocycles. The first kappa shape index (κ1) is 28.1. The minimum Gasteiger partial charge on any atom is -0.445 e. The van der Waals surface area contributed by atoms with Gasteiger partial charge < -0.3 is 24.4 Å². The van der Waals surface area contributed by atoms with Crippen LogP contribution in [-0.4, -0.2) is 53.2 Å². The lowest BCUT2D eigenvalue weighted by molar-refractivity contribution is -0.384. The van der Waals surface area contributed by atoms with Crippen LogP contribution in [0, 0.1) is 16.0 Å². The van der Waals surface area contributed by atoms with Crippen LogP contribution in [0.3, 0.4) is 0 Å². The number of carbonyl (C=O) groups is 3. The third-order valence-corrected chi connectivity index (χ3v) is 4.68. The molecule has 0 aliphatic carbocycles. The molecule has 0 heterocycles. The number of non-ortho nitro benzene ring substituents is 1. The van der Waals surface area contributed by atoms with E-state index in [1.807, 2.05) is 30.3 Å². The van der Waals surface area contributed by atoms with Gasteiger partial charge in [0.15, 0.2) is 0 Å². The van der Waals surface area contributed by atoms with E-state index < -0.39 is 34.6 Å². The van der Waals surface area contributed by atoms with Crippen LogP contribution in [0.4, 0.5) is 15.3 Å². The SMILES string of the molecule is C[C@@H](CN(CCNC(=O)OC(C)(C)C)C(=O)OCc1ccccc1)C(=O)Oc1ccc([N+](=O)[O-])cc1. The van der Waals surface area contributed by atoms with Gasteiger partial charge in [-0.05, 0) is 38.5 Å². The summed E-state index contributed by atoms with van der Waals surface area (Å²) >= 11 is 0. The number of nitrogens with zero attached hydrogens (tertiary/aromatic N) is 2. The summed E-state index contributed by atoms with van der Waals surface area (Å²) in [4.78, 5) is 48.8. The monoisotopic (exact) mass is 501 g/mol. The van der Waals surface area contributed by atoms with Gasteiger partial charge in [0.25, 0.3) is 5.69 Å². The minimum atomic E-state index is -0.758. The highest BCUT2D eigenvalue weighted by molar-refractivity contribution is 5.76. The zero-order chi connectivity index (χ0) is 26.7. The Kier molecular flexibility index (Phi) is 10.2. The van der Waals surface area contributed by atoms with Crippen molar-refractivity contribution in [3.8, 4) is 5.75 Å². The number of ether oxygens (including phenoxy) is 3. The van der Waals surface area contributed by atoms with Gasteiger partial charge in [0.1, 0.15) is 18.0 Å². The van der Waals surface area contributed by atoms with E-state index in [1.54, 1.807) is 27.7 Å². The van der Waals surface area contributed by atoms with E-state index in [0.717, 1.165) is 5.56 Å². The number of nitro benzene ring substituents is 1. The van der Waals surface area contributed by atoms with Crippen molar-refractivity contribution < 1.29 is 33.5 Å². The summed E-state index contributed by atoms with van der Waals surface area (Å²) in [7, 11) is 0. The van der Waals surface area contributed by atoms with Gasteiger partial charge >= 0.3 is 18.2 Å². The van der Waals surface area contributed by atoms with Crippen LogP contribution in [0.25, 0.3) is 0 Å². The molecule has 1 atom stereocenters. The first-order valence-electron chi connectivity index (χ1n) is 11.3. The number of amides is 2. The largest absolute Gasteiger partial charge is 0.445 e. The van der Waals surface area contributed by atoms with Gasteiger partial charge in [0, 0.05) is 31.8 Å². The van der Waals surface area contributed by atoms with Crippen molar-refractivity contribution in [2.24, 2.45) is 5.92 Å². The second-order valence-corrected chi connectivity index (χ2v) is 8.99. The molecule has 36 heavy (non-hydrogen) atoms. The van der Waals surface area contributed by atoms with Crippen LogP contribution in [0.15, 0.2) is 54.6 Å². The van der Waals surface area contributed by atoms with Crippen molar-refractivity contribution in [1.82, 2.24) is 10.2 Å². The molecule has 0 saturated heterocycles. The standard InChI is InChI=1S/C25H31N3O8/c1-18(22(29)35-21-12-10-20(11-13-21)28(32)33)16-27(15-14-26-23(30)36-25(2,3)4)24(31)34-17-19-8-6-5-7-9-19/h5-13,18H,14-17H2,1-4H3,(H,26,30)/t18-/m0/s1. The Bertz CT molecular complexity index is 1040. The van der Waals surface area contributed by atoms with Crippen molar-refractivity contribution in [1.29, 1.82) is 0 Å². The molecule has 1 N–H and O–H groups in total. The van der Waals surface area contributed by atoms with E-state index in [2.05, 4.69) is 5.32 Å². The Labute approximate surface area is 209 Å². The summed E-state index contributed by atoms with van der Waals surface area (Å²) in [5.41, 5.74) is -0.00915. The second-order valence-electron chi connectivity index (χ2n) is 8.99. The van der Waals surface area contributed by atoms with Gasteiger partial charge in [-0.2, -0.15) is 0 Å². The Balaban J connectivity index is 1.99. The number of alkyl carbamates (subject to hydrolysis) is 1. The van der Waals surface area contributed by atoms with Crippen molar-refractivity contribution in [2.75, 3.05) is 19.6 Å². The fraction of sp³-hybridized carbons (Fsp3) is 0.400. The van der Waals surface area contributed by atoms with Gasteiger partial charge in [-0.3, -0.25) is 14.9 Å². The summed E-state index contributed by atoms with van der Waals surface area (Å²) in [6.45, 7) is 6.90. The van der Waals surface area contributed by atoms with E-state index in [1.165, 1.54) is 29.2 Å². The highest BCUT2D eigenvalue weighted by Gasteiger charge is 2.24. The topological polar surface area (TPSA) is 137 Å². The van der Waals surface area contributed by atoms with E-state index in [0.29, 0.717) is 0 Å². The molecule has 0 radical (unpaired) electrons. The van der Waals surface area contributed by atoms with E-state index in [4.69, 9.17) is 14.2 Å². The first-order valence-corrected chi connectivity index (χ1v) is 11.3. The fourth-order valence-corrected chi connectivity index (χ4v) is 2.93. The van der Waals surface area contributed by atoms with Gasteiger partial charge in [-0.15, -0.1) is 0 Å². The van der Waals surface area contributed by atoms with Crippen molar-refractivity contribution >= 4 is 23.8 Å². The number of nitro groups is 1. The van der Waals surface area contributed by atoms with Gasteiger partial charge in [-0.25, -0.2) is 9.59 Å². The molecule has 11 nitrogen and oxygen atoms in total. The number of nitrogens with one attached hydrogen (secondary N) is 1. The third kappa shape index (κ3) is 10.00. The number of rotatable bonds is 10. The van der Waals surface area contributed by atoms with Crippen LogP contribution in [-0.2, 0) is 20.9 Å². The number of hydrogen-bond donors (Lipinski definition) is 1. The van der Waals surface area contributed by atoms with Gasteiger partial charge in [-0.1, -0.05) is 37.3 Å². The molecule has 0 aliphatic rings. The number of esters is 1. The Morgan fingerprint density at radius 1 is 1.06 bits per heavy atom. The normalized spacial score (nSPS) is 11.7. The molecule has 0 unspecified atom stereocenters. The predicted molar refractivity (Wildman–Crippen MR) is 130 cm³/mol. The molecule has 2 aromatic carbocycles. The second kappa shape index (κ2) is 13.1. The molecular formula is C25H31N3O8. The van der Waals surface area contributed by atoms with Gasteiger partial charge in [0.05, 0.1) is 10.8 Å².